The van der Waals surface area contributed by atoms with Crippen LogP contribution in [-0.2, 0) is 4.74 Å². The maximum absolute atomic E-state index is 11.2. The number of esters is 1. The van der Waals surface area contributed by atoms with Crippen molar-refractivity contribution >= 4 is 5.97 Å². The van der Waals surface area contributed by atoms with Gasteiger partial charge in [0.1, 0.15) is 6.07 Å². The van der Waals surface area contributed by atoms with Crippen LogP contribution in [0.25, 0.3) is 0 Å². The average molecular weight is 186 g/mol. The molecule has 0 N–H and O–H groups in total. The molecule has 0 aliphatic heterocycles. The summed E-state index contributed by atoms with van der Waals surface area (Å²) in [7, 11) is 1.22. The number of methoxy groups -OCH3 is 1. The molecule has 0 fully saturated rings. The topological polar surface area (TPSA) is 73.9 Å². The van der Waals surface area contributed by atoms with Gasteiger partial charge in [-0.15, -0.1) is 0 Å². The lowest BCUT2D eigenvalue weighted by atomic mass is 10.1. The highest BCUT2D eigenvalue weighted by Crippen LogP contribution is 2.11. The molecule has 0 saturated carbocycles. The van der Waals surface area contributed by atoms with E-state index in [-0.39, 0.29) is 11.1 Å². The first-order chi connectivity index (χ1) is 6.72. The minimum Gasteiger partial charge on any atom is -0.465 e. The fourth-order valence-corrected chi connectivity index (χ4v) is 0.990. The third kappa shape index (κ3) is 1.70. The lowest BCUT2D eigenvalue weighted by Crippen LogP contribution is -2.04. The van der Waals surface area contributed by atoms with Crippen LogP contribution in [0.15, 0.2) is 18.2 Å². The van der Waals surface area contributed by atoms with Gasteiger partial charge in [-0.25, -0.2) is 4.79 Å². The van der Waals surface area contributed by atoms with Gasteiger partial charge in [0.15, 0.2) is 0 Å². The van der Waals surface area contributed by atoms with Gasteiger partial charge in [-0.3, -0.25) is 0 Å². The maximum Gasteiger partial charge on any atom is 0.339 e. The van der Waals surface area contributed by atoms with Crippen LogP contribution in [-0.4, -0.2) is 13.1 Å². The molecule has 0 amide bonds. The Morgan fingerprint density at radius 2 is 2.07 bits per heavy atom. The Morgan fingerprint density at radius 3 is 2.57 bits per heavy atom. The molecule has 0 saturated heterocycles. The summed E-state index contributed by atoms with van der Waals surface area (Å²) in [5.41, 5.74) is 0.648. The molecule has 0 aromatic heterocycles. The number of rotatable bonds is 1. The summed E-state index contributed by atoms with van der Waals surface area (Å²) < 4.78 is 4.48. The Balaban J connectivity index is 3.32. The first kappa shape index (κ1) is 9.76. The van der Waals surface area contributed by atoms with Crippen LogP contribution < -0.4 is 0 Å². The summed E-state index contributed by atoms with van der Waals surface area (Å²) >= 11 is 0. The van der Waals surface area contributed by atoms with Crippen LogP contribution in [0.5, 0.6) is 0 Å². The predicted octanol–water partition coefficient (Wildman–Crippen LogP) is 1.22. The molecule has 1 aromatic rings. The summed E-state index contributed by atoms with van der Waals surface area (Å²) in [6.45, 7) is 0. The summed E-state index contributed by atoms with van der Waals surface area (Å²) in [6.07, 6.45) is 0. The molecule has 0 aliphatic carbocycles. The van der Waals surface area contributed by atoms with Gasteiger partial charge in [0.25, 0.3) is 0 Å². The van der Waals surface area contributed by atoms with Crippen molar-refractivity contribution in [2.24, 2.45) is 0 Å². The summed E-state index contributed by atoms with van der Waals surface area (Å²) in [6, 6.07) is 7.97. The molecule has 0 aliphatic rings. The first-order valence-electron chi connectivity index (χ1n) is 3.75. The molecule has 4 heteroatoms. The molecule has 0 radical (unpaired) electrons. The minimum atomic E-state index is -0.612. The monoisotopic (exact) mass is 186 g/mol. The molecule has 0 bridgehead atoms. The van der Waals surface area contributed by atoms with Crippen molar-refractivity contribution in [1.29, 1.82) is 10.5 Å². The van der Waals surface area contributed by atoms with E-state index in [9.17, 15) is 4.79 Å². The van der Waals surface area contributed by atoms with E-state index in [1.165, 1.54) is 25.3 Å². The second-order valence-corrected chi connectivity index (χ2v) is 2.48. The molecule has 0 spiro atoms. The van der Waals surface area contributed by atoms with Gasteiger partial charge in [0.05, 0.1) is 29.9 Å². The molecule has 0 atom stereocenters. The van der Waals surface area contributed by atoms with E-state index in [2.05, 4.69) is 4.74 Å². The average Bonchev–Trinajstić information content (AvgIpc) is 2.27. The normalized spacial score (nSPS) is 8.50. The fraction of sp³-hybridized carbons (Fsp3) is 0.100. The zero-order valence-corrected chi connectivity index (χ0v) is 7.44. The standard InChI is InChI=1S/C10H6N2O2/c1-14-10(13)9-4-7(5-11)2-3-8(9)6-12/h2-4H,1H3. The van der Waals surface area contributed by atoms with Crippen LogP contribution in [0.3, 0.4) is 0 Å². The highest BCUT2D eigenvalue weighted by atomic mass is 16.5. The number of benzene rings is 1. The summed E-state index contributed by atoms with van der Waals surface area (Å²) in [5.74, 6) is -0.612. The van der Waals surface area contributed by atoms with Crippen molar-refractivity contribution in [2.75, 3.05) is 7.11 Å². The van der Waals surface area contributed by atoms with Crippen molar-refractivity contribution in [3.8, 4) is 12.1 Å². The summed E-state index contributed by atoms with van der Waals surface area (Å²) in [5, 5.41) is 17.3. The van der Waals surface area contributed by atoms with Crippen molar-refractivity contribution < 1.29 is 9.53 Å². The SMILES string of the molecule is COC(=O)c1cc(C#N)ccc1C#N. The number of hydrogen-bond donors (Lipinski definition) is 0. The number of nitrogens with zero attached hydrogens (tertiary/aromatic N) is 2. The maximum atomic E-state index is 11.2. The van der Waals surface area contributed by atoms with E-state index in [0.29, 0.717) is 5.56 Å². The third-order valence-corrected chi connectivity index (χ3v) is 1.67. The third-order valence-electron chi connectivity index (χ3n) is 1.67. The molecule has 1 aromatic carbocycles. The first-order valence-corrected chi connectivity index (χ1v) is 3.75. The van der Waals surface area contributed by atoms with Crippen LogP contribution in [0.1, 0.15) is 21.5 Å². The minimum absolute atomic E-state index is 0.119. The Hall–Kier alpha value is -2.33. The Kier molecular flexibility index (Phi) is 2.83. The molecular weight excluding hydrogens is 180 g/mol. The molecule has 68 valence electrons. The fourth-order valence-electron chi connectivity index (χ4n) is 0.990. The summed E-state index contributed by atoms with van der Waals surface area (Å²) in [4.78, 5) is 11.2. The zero-order valence-electron chi connectivity index (χ0n) is 7.44. The van der Waals surface area contributed by atoms with E-state index in [1.807, 2.05) is 12.1 Å². The van der Waals surface area contributed by atoms with E-state index >= 15 is 0 Å². The Bertz CT molecular complexity index is 452. The lowest BCUT2D eigenvalue weighted by Gasteiger charge is -2.01. The van der Waals surface area contributed by atoms with Crippen LogP contribution >= 0.6 is 0 Å². The van der Waals surface area contributed by atoms with Gasteiger partial charge < -0.3 is 4.74 Å². The molecule has 4 nitrogen and oxygen atoms in total. The van der Waals surface area contributed by atoms with Gasteiger partial charge in [-0.05, 0) is 18.2 Å². The second-order valence-electron chi connectivity index (χ2n) is 2.48. The van der Waals surface area contributed by atoms with Crippen molar-refractivity contribution in [2.45, 2.75) is 0 Å². The highest BCUT2D eigenvalue weighted by molar-refractivity contribution is 5.92. The van der Waals surface area contributed by atoms with Crippen molar-refractivity contribution in [1.82, 2.24) is 0 Å². The molecular formula is C10H6N2O2. The largest absolute Gasteiger partial charge is 0.465 e. The van der Waals surface area contributed by atoms with Crippen molar-refractivity contribution in [3.63, 3.8) is 0 Å². The molecule has 0 heterocycles. The van der Waals surface area contributed by atoms with Gasteiger partial charge >= 0.3 is 5.97 Å². The number of nitriles is 2. The van der Waals surface area contributed by atoms with Crippen molar-refractivity contribution in [3.05, 3.63) is 34.9 Å². The predicted molar refractivity (Wildman–Crippen MR) is 47.2 cm³/mol. The van der Waals surface area contributed by atoms with E-state index < -0.39 is 5.97 Å². The molecule has 14 heavy (non-hydrogen) atoms. The highest BCUT2D eigenvalue weighted by Gasteiger charge is 2.11. The van der Waals surface area contributed by atoms with E-state index in [1.54, 1.807) is 0 Å². The van der Waals surface area contributed by atoms with Crippen LogP contribution in [0, 0.1) is 22.7 Å². The zero-order chi connectivity index (χ0) is 10.6. The quantitative estimate of drug-likeness (QED) is 0.618. The lowest BCUT2D eigenvalue weighted by molar-refractivity contribution is 0.0600. The number of hydrogen-bond acceptors (Lipinski definition) is 4. The molecule has 0 unspecified atom stereocenters. The second kappa shape index (κ2) is 4.06. The van der Waals surface area contributed by atoms with Gasteiger partial charge in [-0.1, -0.05) is 0 Å². The number of carbonyl (C=O) groups is 1. The van der Waals surface area contributed by atoms with Crippen LogP contribution in [0.4, 0.5) is 0 Å². The van der Waals surface area contributed by atoms with E-state index in [0.717, 1.165) is 0 Å². The molecule has 1 rings (SSSR count). The number of carbonyl (C=O) groups excluding carboxylic acids is 1. The van der Waals surface area contributed by atoms with E-state index in [4.69, 9.17) is 10.5 Å². The van der Waals surface area contributed by atoms with Gasteiger partial charge in [0, 0.05) is 0 Å². The van der Waals surface area contributed by atoms with Gasteiger partial charge in [0.2, 0.25) is 0 Å². The Labute approximate surface area is 81.0 Å². The van der Waals surface area contributed by atoms with Crippen LogP contribution in [0.2, 0.25) is 0 Å². The van der Waals surface area contributed by atoms with Gasteiger partial charge in [-0.2, -0.15) is 10.5 Å². The Morgan fingerprint density at radius 1 is 1.36 bits per heavy atom. The smallest absolute Gasteiger partial charge is 0.339 e. The number of ether oxygens (including phenoxy) is 1.